The van der Waals surface area contributed by atoms with Crippen LogP contribution in [0.15, 0.2) is 42.5 Å². The highest BCUT2D eigenvalue weighted by Gasteiger charge is 2.19. The smallest absolute Gasteiger partial charge is 0.0612 e. The van der Waals surface area contributed by atoms with E-state index in [-0.39, 0.29) is 6.04 Å². The van der Waals surface area contributed by atoms with Crippen LogP contribution in [0.5, 0.6) is 0 Å². The van der Waals surface area contributed by atoms with Crippen LogP contribution in [0, 0.1) is 0 Å². The molecule has 0 spiro atoms. The molecule has 0 aromatic heterocycles. The van der Waals surface area contributed by atoms with Crippen molar-refractivity contribution in [3.8, 4) is 0 Å². The molecule has 142 valence electrons. The summed E-state index contributed by atoms with van der Waals surface area (Å²) in [5.41, 5.74) is 8.94. The van der Waals surface area contributed by atoms with Crippen LogP contribution in [0.25, 0.3) is 0 Å². The highest BCUT2D eigenvalue weighted by molar-refractivity contribution is 6.31. The van der Waals surface area contributed by atoms with Crippen molar-refractivity contribution in [1.29, 1.82) is 0 Å². The molecule has 2 rings (SSSR count). The topological polar surface area (TPSA) is 41.3 Å². The lowest BCUT2D eigenvalue weighted by molar-refractivity contribution is 0.271. The molecule has 0 aliphatic heterocycles. The van der Waals surface area contributed by atoms with Crippen molar-refractivity contribution in [1.82, 2.24) is 10.2 Å². The van der Waals surface area contributed by atoms with Crippen LogP contribution in [0.4, 0.5) is 5.69 Å². The molecule has 3 N–H and O–H groups in total. The average Bonchev–Trinajstić information content (AvgIpc) is 2.62. The molecule has 0 aliphatic rings. The molecule has 1 unspecified atom stereocenters. The van der Waals surface area contributed by atoms with Crippen molar-refractivity contribution in [2.45, 2.75) is 32.7 Å². The highest BCUT2D eigenvalue weighted by atomic mass is 35.5. The number of hydrogen-bond acceptors (Lipinski definition) is 3. The summed E-state index contributed by atoms with van der Waals surface area (Å²) in [5, 5.41) is 5.04. The first-order chi connectivity index (χ1) is 12.6. The Hall–Kier alpha value is -1.26. The first-order valence-corrected chi connectivity index (χ1v) is 10.1. The van der Waals surface area contributed by atoms with Crippen LogP contribution >= 0.6 is 23.2 Å². The van der Waals surface area contributed by atoms with Crippen molar-refractivity contribution in [3.63, 3.8) is 0 Å². The molecule has 0 aliphatic carbocycles. The van der Waals surface area contributed by atoms with Gasteiger partial charge < -0.3 is 16.0 Å². The van der Waals surface area contributed by atoms with E-state index in [0.29, 0.717) is 10.7 Å². The molecule has 0 bridgehead atoms. The van der Waals surface area contributed by atoms with Gasteiger partial charge in [0.05, 0.1) is 6.04 Å². The van der Waals surface area contributed by atoms with Crippen LogP contribution < -0.4 is 11.1 Å². The summed E-state index contributed by atoms with van der Waals surface area (Å²) in [4.78, 5) is 2.48. The number of hydrogen-bond donors (Lipinski definition) is 2. The third kappa shape index (κ3) is 5.88. The Balaban J connectivity index is 2.22. The average molecular weight is 394 g/mol. The van der Waals surface area contributed by atoms with Crippen molar-refractivity contribution < 1.29 is 0 Å². The van der Waals surface area contributed by atoms with Gasteiger partial charge in [0.15, 0.2) is 0 Å². The summed E-state index contributed by atoms with van der Waals surface area (Å²) in [7, 11) is 0. The number of nitrogens with one attached hydrogen (secondary N) is 1. The summed E-state index contributed by atoms with van der Waals surface area (Å²) in [6.07, 6.45) is 2.32. The van der Waals surface area contributed by atoms with Crippen LogP contribution in [0.3, 0.4) is 0 Å². The van der Waals surface area contributed by atoms with E-state index in [2.05, 4.69) is 24.1 Å². The fraction of sp³-hybridized carbons (Fsp3) is 0.429. The zero-order chi connectivity index (χ0) is 18.9. The second-order valence-electron chi connectivity index (χ2n) is 6.52. The molecular weight excluding hydrogens is 365 g/mol. The molecule has 5 heteroatoms. The van der Waals surface area contributed by atoms with Gasteiger partial charge in [0.25, 0.3) is 0 Å². The van der Waals surface area contributed by atoms with E-state index in [4.69, 9.17) is 28.9 Å². The Morgan fingerprint density at radius 3 is 2.31 bits per heavy atom. The summed E-state index contributed by atoms with van der Waals surface area (Å²) in [6, 6.07) is 13.4. The van der Waals surface area contributed by atoms with Crippen molar-refractivity contribution in [2.24, 2.45) is 0 Å². The minimum Gasteiger partial charge on any atom is -0.398 e. The molecule has 0 amide bonds. The third-order valence-corrected chi connectivity index (χ3v) is 5.01. The Labute approximate surface area is 167 Å². The molecule has 2 aromatic carbocycles. The molecule has 1 atom stereocenters. The number of nitrogens with zero attached hydrogens (tertiary/aromatic N) is 1. The molecule has 0 radical (unpaired) electrons. The van der Waals surface area contributed by atoms with Gasteiger partial charge in [0, 0.05) is 28.8 Å². The van der Waals surface area contributed by atoms with Gasteiger partial charge in [0.2, 0.25) is 0 Å². The minimum absolute atomic E-state index is 0.0903. The number of halogens is 2. The number of nitrogen functional groups attached to an aromatic ring is 1. The largest absolute Gasteiger partial charge is 0.398 e. The number of benzene rings is 2. The van der Waals surface area contributed by atoms with Crippen LogP contribution in [-0.2, 0) is 0 Å². The molecule has 26 heavy (non-hydrogen) atoms. The molecule has 0 fully saturated rings. The first kappa shape index (κ1) is 21.0. The lowest BCUT2D eigenvalue weighted by Crippen LogP contribution is -2.35. The fourth-order valence-electron chi connectivity index (χ4n) is 3.23. The maximum atomic E-state index is 6.48. The van der Waals surface area contributed by atoms with Gasteiger partial charge in [-0.15, -0.1) is 0 Å². The molecule has 2 aromatic rings. The lowest BCUT2D eigenvalue weighted by Gasteiger charge is -2.26. The molecule has 3 nitrogen and oxygen atoms in total. The Morgan fingerprint density at radius 1 is 0.962 bits per heavy atom. The predicted molar refractivity (Wildman–Crippen MR) is 114 cm³/mol. The van der Waals surface area contributed by atoms with Gasteiger partial charge in [-0.3, -0.25) is 0 Å². The molecule has 0 saturated carbocycles. The lowest BCUT2D eigenvalue weighted by atomic mass is 9.97. The summed E-state index contributed by atoms with van der Waals surface area (Å²) in [5.74, 6) is 0. The second kappa shape index (κ2) is 10.8. The number of anilines is 1. The molecular formula is C21H29Cl2N3. The van der Waals surface area contributed by atoms with Gasteiger partial charge >= 0.3 is 0 Å². The van der Waals surface area contributed by atoms with Crippen molar-refractivity contribution >= 4 is 28.9 Å². The van der Waals surface area contributed by atoms with Gasteiger partial charge in [-0.1, -0.05) is 55.2 Å². The normalized spacial score (nSPS) is 12.5. The third-order valence-electron chi connectivity index (χ3n) is 4.43. The van der Waals surface area contributed by atoms with Gasteiger partial charge in [-0.25, -0.2) is 0 Å². The quantitative estimate of drug-likeness (QED) is 0.532. The predicted octanol–water partition coefficient (Wildman–Crippen LogP) is 5.38. The van der Waals surface area contributed by atoms with Gasteiger partial charge in [0.1, 0.15) is 0 Å². The van der Waals surface area contributed by atoms with E-state index in [1.807, 2.05) is 42.5 Å². The monoisotopic (exact) mass is 393 g/mol. The van der Waals surface area contributed by atoms with Gasteiger partial charge in [-0.05, 0) is 61.3 Å². The summed E-state index contributed by atoms with van der Waals surface area (Å²) in [6.45, 7) is 8.51. The van der Waals surface area contributed by atoms with E-state index in [0.717, 1.165) is 55.2 Å². The zero-order valence-corrected chi connectivity index (χ0v) is 17.2. The van der Waals surface area contributed by atoms with E-state index in [9.17, 15) is 0 Å². The van der Waals surface area contributed by atoms with E-state index >= 15 is 0 Å². The first-order valence-electron chi connectivity index (χ1n) is 9.31. The van der Waals surface area contributed by atoms with Crippen molar-refractivity contribution in [2.75, 3.05) is 31.9 Å². The van der Waals surface area contributed by atoms with Gasteiger partial charge in [-0.2, -0.15) is 0 Å². The summed E-state index contributed by atoms with van der Waals surface area (Å²) < 4.78 is 0. The maximum Gasteiger partial charge on any atom is 0.0612 e. The number of nitrogens with two attached hydrogens (primary N) is 1. The van der Waals surface area contributed by atoms with Crippen LogP contribution in [-0.4, -0.2) is 31.1 Å². The Bertz CT molecular complexity index is 685. The molecule has 0 saturated heterocycles. The SMILES string of the molecule is CCCN(CCC)CCNC(c1cc(Cl)ccc1N)c1ccccc1Cl. The Morgan fingerprint density at radius 2 is 1.65 bits per heavy atom. The number of rotatable bonds is 10. The fourth-order valence-corrected chi connectivity index (χ4v) is 3.65. The molecule has 0 heterocycles. The Kier molecular flexibility index (Phi) is 8.73. The van der Waals surface area contributed by atoms with E-state index in [1.165, 1.54) is 0 Å². The standard InChI is InChI=1S/C21H29Cl2N3/c1-3-12-26(13-4-2)14-11-25-21(17-7-5-6-8-19(17)23)18-15-16(22)9-10-20(18)24/h5-10,15,21,25H,3-4,11-14,24H2,1-2H3. The van der Waals surface area contributed by atoms with E-state index < -0.39 is 0 Å². The van der Waals surface area contributed by atoms with Crippen molar-refractivity contribution in [3.05, 3.63) is 63.6 Å². The zero-order valence-electron chi connectivity index (χ0n) is 15.6. The minimum atomic E-state index is -0.0903. The van der Waals surface area contributed by atoms with E-state index in [1.54, 1.807) is 0 Å². The second-order valence-corrected chi connectivity index (χ2v) is 7.37. The van der Waals surface area contributed by atoms with Crippen LogP contribution in [0.2, 0.25) is 10.0 Å². The highest BCUT2D eigenvalue weighted by Crippen LogP contribution is 2.32. The van der Waals surface area contributed by atoms with Crippen LogP contribution in [0.1, 0.15) is 43.9 Å². The maximum absolute atomic E-state index is 6.48. The summed E-state index contributed by atoms with van der Waals surface area (Å²) >= 11 is 12.7.